The largest absolute Gasteiger partial charge is 0.418 e. The molecule has 0 aliphatic carbocycles. The minimum Gasteiger partial charge on any atom is -0.384 e. The van der Waals surface area contributed by atoms with Crippen molar-refractivity contribution >= 4 is 21.6 Å². The van der Waals surface area contributed by atoms with Crippen LogP contribution >= 0.6 is 15.9 Å². The van der Waals surface area contributed by atoms with E-state index in [-0.39, 0.29) is 5.69 Å². The molecular weight excluding hydrogens is 337 g/mol. The summed E-state index contributed by atoms with van der Waals surface area (Å²) in [5.74, 6) is 0.589. The topological polar surface area (TPSA) is 42.7 Å². The first-order valence-electron chi connectivity index (χ1n) is 5.81. The summed E-state index contributed by atoms with van der Waals surface area (Å²) in [4.78, 5) is 4.01. The molecule has 4 nitrogen and oxygen atoms in total. The molecule has 0 fully saturated rings. The fourth-order valence-corrected chi connectivity index (χ4v) is 2.07. The van der Waals surface area contributed by atoms with Crippen LogP contribution < -0.4 is 5.32 Å². The van der Waals surface area contributed by atoms with Gasteiger partial charge in [0.2, 0.25) is 0 Å². The van der Waals surface area contributed by atoms with Gasteiger partial charge in [-0.15, -0.1) is 0 Å². The zero-order chi connectivity index (χ0) is 14.8. The maximum atomic E-state index is 12.9. The van der Waals surface area contributed by atoms with Crippen molar-refractivity contribution in [2.75, 3.05) is 11.9 Å². The monoisotopic (exact) mass is 348 g/mol. The Morgan fingerprint density at radius 1 is 1.35 bits per heavy atom. The highest BCUT2D eigenvalue weighted by Crippen LogP contribution is 2.36. The van der Waals surface area contributed by atoms with Crippen LogP contribution in [0.4, 0.5) is 18.9 Å². The van der Waals surface area contributed by atoms with Crippen LogP contribution in [0.15, 0.2) is 29.0 Å². The van der Waals surface area contributed by atoms with Crippen LogP contribution in [0.5, 0.6) is 0 Å². The number of halogens is 4. The molecular formula is C12H12BrF3N4. The fraction of sp³-hybridized carbons (Fsp3) is 0.333. The van der Waals surface area contributed by atoms with Gasteiger partial charge in [-0.3, -0.25) is 4.68 Å². The molecule has 0 atom stereocenters. The molecule has 0 aliphatic rings. The molecule has 8 heteroatoms. The number of anilines is 1. The van der Waals surface area contributed by atoms with Crippen molar-refractivity contribution in [1.29, 1.82) is 0 Å². The van der Waals surface area contributed by atoms with Gasteiger partial charge in [-0.25, -0.2) is 4.98 Å². The highest BCUT2D eigenvalue weighted by molar-refractivity contribution is 9.10. The lowest BCUT2D eigenvalue weighted by atomic mass is 10.1. The maximum absolute atomic E-state index is 12.9. The molecule has 0 bridgehead atoms. The van der Waals surface area contributed by atoms with Gasteiger partial charge in [-0.1, -0.05) is 15.9 Å². The molecule has 0 saturated heterocycles. The fourth-order valence-electron chi connectivity index (χ4n) is 1.71. The third kappa shape index (κ3) is 3.72. The molecule has 108 valence electrons. The first-order chi connectivity index (χ1) is 9.36. The Bertz CT molecular complexity index is 595. The van der Waals surface area contributed by atoms with Crippen LogP contribution in [0.2, 0.25) is 0 Å². The van der Waals surface area contributed by atoms with Crippen LogP contribution in [0.25, 0.3) is 0 Å². The summed E-state index contributed by atoms with van der Waals surface area (Å²) in [5.41, 5.74) is -0.641. The van der Waals surface area contributed by atoms with E-state index in [2.05, 4.69) is 31.3 Å². The van der Waals surface area contributed by atoms with Gasteiger partial charge in [0.05, 0.1) is 5.56 Å². The molecule has 1 aromatic carbocycles. The van der Waals surface area contributed by atoms with E-state index in [4.69, 9.17) is 0 Å². The van der Waals surface area contributed by atoms with E-state index in [1.54, 1.807) is 24.1 Å². The minimum atomic E-state index is -4.39. The second-order valence-electron chi connectivity index (χ2n) is 4.20. The maximum Gasteiger partial charge on any atom is 0.418 e. The van der Waals surface area contributed by atoms with Gasteiger partial charge in [-0.05, 0) is 18.2 Å². The van der Waals surface area contributed by atoms with Crippen molar-refractivity contribution < 1.29 is 13.2 Å². The molecule has 2 rings (SSSR count). The molecule has 0 saturated carbocycles. The molecule has 2 aromatic rings. The predicted octanol–water partition coefficient (Wildman–Crippen LogP) is 3.25. The summed E-state index contributed by atoms with van der Waals surface area (Å²) >= 11 is 3.05. The molecule has 0 amide bonds. The quantitative estimate of drug-likeness (QED) is 0.922. The van der Waals surface area contributed by atoms with Crippen molar-refractivity contribution in [2.45, 2.75) is 12.6 Å². The number of hydrogen-bond donors (Lipinski definition) is 1. The summed E-state index contributed by atoms with van der Waals surface area (Å²) in [7, 11) is 1.74. The smallest absolute Gasteiger partial charge is 0.384 e. The SMILES string of the molecule is Cn1cnc(CCNc2ccc(Br)cc2C(F)(F)F)n1. The van der Waals surface area contributed by atoms with Gasteiger partial charge < -0.3 is 5.32 Å². The summed E-state index contributed by atoms with van der Waals surface area (Å²) in [6.07, 6.45) is -2.39. The number of aryl methyl sites for hydroxylation is 1. The average molecular weight is 349 g/mol. The summed E-state index contributed by atoms with van der Waals surface area (Å²) in [6.45, 7) is 0.328. The van der Waals surface area contributed by atoms with Gasteiger partial charge in [-0.2, -0.15) is 18.3 Å². The Morgan fingerprint density at radius 3 is 2.70 bits per heavy atom. The molecule has 20 heavy (non-hydrogen) atoms. The number of aromatic nitrogens is 3. The lowest BCUT2D eigenvalue weighted by molar-refractivity contribution is -0.137. The normalized spacial score (nSPS) is 11.7. The lowest BCUT2D eigenvalue weighted by Gasteiger charge is -2.14. The van der Waals surface area contributed by atoms with E-state index in [9.17, 15) is 13.2 Å². The molecule has 0 spiro atoms. The molecule has 0 radical (unpaired) electrons. The minimum absolute atomic E-state index is 0.0524. The number of rotatable bonds is 4. The Balaban J connectivity index is 2.06. The van der Waals surface area contributed by atoms with Crippen molar-refractivity contribution in [2.24, 2.45) is 7.05 Å². The van der Waals surface area contributed by atoms with Gasteiger partial charge in [0.25, 0.3) is 0 Å². The molecule has 0 aliphatic heterocycles. The molecule has 1 heterocycles. The summed E-state index contributed by atoms with van der Waals surface area (Å²) in [6, 6.07) is 4.02. The number of nitrogens with one attached hydrogen (secondary N) is 1. The standard InChI is InChI=1S/C12H12BrF3N4/c1-20-7-18-11(19-20)4-5-17-10-3-2-8(13)6-9(10)12(14,15)16/h2-3,6-7,17H,4-5H2,1H3. The Morgan fingerprint density at radius 2 is 2.10 bits per heavy atom. The number of benzene rings is 1. The highest BCUT2D eigenvalue weighted by atomic mass is 79.9. The van der Waals surface area contributed by atoms with E-state index in [0.717, 1.165) is 6.07 Å². The average Bonchev–Trinajstić information content (AvgIpc) is 2.76. The van der Waals surface area contributed by atoms with Crippen LogP contribution in [-0.2, 0) is 19.6 Å². The number of alkyl halides is 3. The van der Waals surface area contributed by atoms with Crippen LogP contribution in [-0.4, -0.2) is 21.3 Å². The third-order valence-corrected chi connectivity index (χ3v) is 3.09. The number of nitrogens with zero attached hydrogens (tertiary/aromatic N) is 3. The first-order valence-corrected chi connectivity index (χ1v) is 6.60. The summed E-state index contributed by atoms with van der Waals surface area (Å²) < 4.78 is 40.6. The third-order valence-electron chi connectivity index (χ3n) is 2.60. The van der Waals surface area contributed by atoms with Gasteiger partial charge in [0.1, 0.15) is 6.33 Å². The van der Waals surface area contributed by atoms with Crippen molar-refractivity contribution in [3.8, 4) is 0 Å². The predicted molar refractivity (Wildman–Crippen MR) is 72.3 cm³/mol. The Labute approximate surface area is 122 Å². The number of hydrogen-bond acceptors (Lipinski definition) is 3. The molecule has 1 aromatic heterocycles. The Kier molecular flexibility index (Phi) is 4.32. The van der Waals surface area contributed by atoms with Crippen LogP contribution in [0.1, 0.15) is 11.4 Å². The summed E-state index contributed by atoms with van der Waals surface area (Å²) in [5, 5.41) is 6.84. The first kappa shape index (κ1) is 14.8. The molecule has 0 unspecified atom stereocenters. The van der Waals surface area contributed by atoms with Crippen molar-refractivity contribution in [3.63, 3.8) is 0 Å². The zero-order valence-electron chi connectivity index (χ0n) is 10.6. The van der Waals surface area contributed by atoms with Crippen LogP contribution in [0.3, 0.4) is 0 Å². The van der Waals surface area contributed by atoms with Crippen molar-refractivity contribution in [1.82, 2.24) is 14.8 Å². The molecule has 1 N–H and O–H groups in total. The van der Waals surface area contributed by atoms with Gasteiger partial charge in [0.15, 0.2) is 5.82 Å². The second kappa shape index (κ2) is 5.82. The van der Waals surface area contributed by atoms with E-state index < -0.39 is 11.7 Å². The highest BCUT2D eigenvalue weighted by Gasteiger charge is 2.33. The van der Waals surface area contributed by atoms with E-state index in [1.165, 1.54) is 6.07 Å². The van der Waals surface area contributed by atoms with Gasteiger partial charge >= 0.3 is 6.18 Å². The van der Waals surface area contributed by atoms with E-state index in [1.807, 2.05) is 0 Å². The second-order valence-corrected chi connectivity index (χ2v) is 5.11. The van der Waals surface area contributed by atoms with E-state index >= 15 is 0 Å². The van der Waals surface area contributed by atoms with E-state index in [0.29, 0.717) is 23.3 Å². The Hall–Kier alpha value is -1.57. The lowest BCUT2D eigenvalue weighted by Crippen LogP contribution is -2.13. The van der Waals surface area contributed by atoms with Crippen LogP contribution in [0, 0.1) is 0 Å². The van der Waals surface area contributed by atoms with Crippen molar-refractivity contribution in [3.05, 3.63) is 40.4 Å². The van der Waals surface area contributed by atoms with Gasteiger partial charge in [0, 0.05) is 30.2 Å². The zero-order valence-corrected chi connectivity index (χ0v) is 12.2.